The number of benzene rings is 1. The smallest absolute Gasteiger partial charge is 0.408 e. The van der Waals surface area contributed by atoms with Crippen LogP contribution in [0.5, 0.6) is 0 Å². The van der Waals surface area contributed by atoms with Crippen molar-refractivity contribution in [1.29, 1.82) is 0 Å². The first-order valence-electron chi connectivity index (χ1n) is 6.00. The SMILES string of the molecule is Cc1ccc(C#CCNC(=O)OC(C)(C)C)cc1F. The second-order valence-electron chi connectivity index (χ2n) is 5.12. The number of halogens is 1. The number of hydrogen-bond acceptors (Lipinski definition) is 2. The molecule has 1 aromatic carbocycles. The van der Waals surface area contributed by atoms with Gasteiger partial charge in [-0.2, -0.15) is 0 Å². The number of alkyl carbamates (subject to hydrolysis) is 1. The predicted octanol–water partition coefficient (Wildman–Crippen LogP) is 3.01. The summed E-state index contributed by atoms with van der Waals surface area (Å²) in [6, 6.07) is 4.77. The van der Waals surface area contributed by atoms with Gasteiger partial charge >= 0.3 is 6.09 Å². The minimum Gasteiger partial charge on any atom is -0.444 e. The lowest BCUT2D eigenvalue weighted by atomic mass is 10.1. The second-order valence-corrected chi connectivity index (χ2v) is 5.12. The number of hydrogen-bond donors (Lipinski definition) is 1. The van der Waals surface area contributed by atoms with Crippen LogP contribution < -0.4 is 5.32 Å². The second kappa shape index (κ2) is 6.24. The molecule has 3 nitrogen and oxygen atoms in total. The molecule has 0 fully saturated rings. The summed E-state index contributed by atoms with van der Waals surface area (Å²) in [4.78, 5) is 11.3. The topological polar surface area (TPSA) is 38.3 Å². The third kappa shape index (κ3) is 5.91. The fourth-order valence-corrected chi connectivity index (χ4v) is 1.25. The molecule has 0 atom stereocenters. The van der Waals surface area contributed by atoms with Crippen molar-refractivity contribution in [2.75, 3.05) is 6.54 Å². The molecule has 0 aliphatic carbocycles. The molecular weight excluding hydrogens is 245 g/mol. The quantitative estimate of drug-likeness (QED) is 0.791. The van der Waals surface area contributed by atoms with Crippen LogP contribution >= 0.6 is 0 Å². The van der Waals surface area contributed by atoms with Crippen molar-refractivity contribution in [3.8, 4) is 11.8 Å². The molecular formula is C15H18FNO2. The summed E-state index contributed by atoms with van der Waals surface area (Å²) in [5.41, 5.74) is 0.629. The van der Waals surface area contributed by atoms with Crippen LogP contribution in [-0.4, -0.2) is 18.2 Å². The molecule has 1 N–H and O–H groups in total. The number of amides is 1. The Kier molecular flexibility index (Phi) is 4.94. The monoisotopic (exact) mass is 263 g/mol. The zero-order valence-electron chi connectivity index (χ0n) is 11.6. The van der Waals surface area contributed by atoms with E-state index in [0.717, 1.165) is 0 Å². The number of aryl methyl sites for hydroxylation is 1. The summed E-state index contributed by atoms with van der Waals surface area (Å²) in [5, 5.41) is 2.51. The maximum Gasteiger partial charge on any atom is 0.408 e. The summed E-state index contributed by atoms with van der Waals surface area (Å²) in [5.74, 6) is 5.22. The highest BCUT2D eigenvalue weighted by Gasteiger charge is 2.14. The van der Waals surface area contributed by atoms with Gasteiger partial charge in [0, 0.05) is 5.56 Å². The van der Waals surface area contributed by atoms with Crippen molar-refractivity contribution in [3.63, 3.8) is 0 Å². The van der Waals surface area contributed by atoms with Crippen LogP contribution in [0.3, 0.4) is 0 Å². The first-order valence-corrected chi connectivity index (χ1v) is 6.00. The van der Waals surface area contributed by atoms with Crippen LogP contribution in [0.15, 0.2) is 18.2 Å². The Labute approximate surface area is 113 Å². The van der Waals surface area contributed by atoms with E-state index in [1.807, 2.05) is 0 Å². The predicted molar refractivity (Wildman–Crippen MR) is 72.3 cm³/mol. The zero-order chi connectivity index (χ0) is 14.5. The van der Waals surface area contributed by atoms with Crippen molar-refractivity contribution < 1.29 is 13.9 Å². The number of ether oxygens (including phenoxy) is 1. The van der Waals surface area contributed by atoms with Crippen LogP contribution in [0.25, 0.3) is 0 Å². The molecule has 1 rings (SSSR count). The lowest BCUT2D eigenvalue weighted by Crippen LogP contribution is -2.32. The van der Waals surface area contributed by atoms with Gasteiger partial charge in [0.2, 0.25) is 0 Å². The molecule has 0 saturated carbocycles. The molecule has 0 heterocycles. The van der Waals surface area contributed by atoms with Gasteiger partial charge in [-0.15, -0.1) is 0 Å². The Balaban J connectivity index is 2.47. The molecule has 0 spiro atoms. The van der Waals surface area contributed by atoms with E-state index < -0.39 is 11.7 Å². The molecule has 19 heavy (non-hydrogen) atoms. The van der Waals surface area contributed by atoms with Gasteiger partial charge < -0.3 is 10.1 Å². The largest absolute Gasteiger partial charge is 0.444 e. The molecule has 4 heteroatoms. The first-order chi connectivity index (χ1) is 8.78. The number of nitrogens with one attached hydrogen (secondary N) is 1. The maximum absolute atomic E-state index is 13.2. The molecule has 1 aromatic rings. The van der Waals surface area contributed by atoms with Gasteiger partial charge in [0.05, 0.1) is 6.54 Å². The van der Waals surface area contributed by atoms with Gasteiger partial charge in [0.25, 0.3) is 0 Å². The van der Waals surface area contributed by atoms with Crippen molar-refractivity contribution in [2.45, 2.75) is 33.3 Å². The van der Waals surface area contributed by atoms with Crippen LogP contribution in [0.4, 0.5) is 9.18 Å². The third-order valence-corrected chi connectivity index (χ3v) is 2.12. The van der Waals surface area contributed by atoms with Gasteiger partial charge in [-0.25, -0.2) is 9.18 Å². The molecule has 0 aromatic heterocycles. The Bertz CT molecular complexity index is 521. The summed E-state index contributed by atoms with van der Waals surface area (Å²) in [6.07, 6.45) is -0.517. The van der Waals surface area contributed by atoms with Crippen molar-refractivity contribution in [1.82, 2.24) is 5.32 Å². The lowest BCUT2D eigenvalue weighted by Gasteiger charge is -2.18. The van der Waals surface area contributed by atoms with Gasteiger partial charge in [0.15, 0.2) is 0 Å². The van der Waals surface area contributed by atoms with E-state index in [-0.39, 0.29) is 12.4 Å². The highest BCUT2D eigenvalue weighted by molar-refractivity contribution is 5.68. The summed E-state index contributed by atoms with van der Waals surface area (Å²) >= 11 is 0. The van der Waals surface area contributed by atoms with Crippen LogP contribution in [0.2, 0.25) is 0 Å². The van der Waals surface area contributed by atoms with Gasteiger partial charge in [0.1, 0.15) is 11.4 Å². The average Bonchev–Trinajstić information content (AvgIpc) is 2.27. The van der Waals surface area contributed by atoms with Crippen molar-refractivity contribution in [2.24, 2.45) is 0 Å². The average molecular weight is 263 g/mol. The molecule has 0 radical (unpaired) electrons. The highest BCUT2D eigenvalue weighted by Crippen LogP contribution is 2.08. The van der Waals surface area contributed by atoms with Crippen LogP contribution in [0.1, 0.15) is 31.9 Å². The van der Waals surface area contributed by atoms with Crippen LogP contribution in [0, 0.1) is 24.6 Å². The fraction of sp³-hybridized carbons (Fsp3) is 0.400. The minimum absolute atomic E-state index is 0.157. The normalized spacial score (nSPS) is 10.4. The zero-order valence-corrected chi connectivity index (χ0v) is 11.6. The summed E-state index contributed by atoms with van der Waals surface area (Å²) < 4.78 is 18.3. The van der Waals surface area contributed by atoms with Crippen LogP contribution in [-0.2, 0) is 4.74 Å². The maximum atomic E-state index is 13.2. The first kappa shape index (κ1) is 15.0. The van der Waals surface area contributed by atoms with E-state index in [1.165, 1.54) is 6.07 Å². The Morgan fingerprint density at radius 3 is 2.68 bits per heavy atom. The van der Waals surface area contributed by atoms with Gasteiger partial charge in [-0.3, -0.25) is 0 Å². The Hall–Kier alpha value is -2.02. The molecule has 0 unspecified atom stereocenters. The standard InChI is InChI=1S/C15H18FNO2/c1-11-7-8-12(10-13(11)16)6-5-9-17-14(18)19-15(2,3)4/h7-8,10H,9H2,1-4H3,(H,17,18). The van der Waals surface area contributed by atoms with E-state index in [9.17, 15) is 9.18 Å². The van der Waals surface area contributed by atoms with Gasteiger partial charge in [-0.1, -0.05) is 17.9 Å². The number of carbonyl (C=O) groups is 1. The molecule has 0 bridgehead atoms. The molecule has 102 valence electrons. The molecule has 0 saturated heterocycles. The number of rotatable bonds is 1. The van der Waals surface area contributed by atoms with E-state index in [1.54, 1.807) is 39.8 Å². The van der Waals surface area contributed by atoms with E-state index >= 15 is 0 Å². The number of carbonyl (C=O) groups excluding carboxylic acids is 1. The molecule has 0 aliphatic heterocycles. The summed E-state index contributed by atoms with van der Waals surface area (Å²) in [6.45, 7) is 7.20. The van der Waals surface area contributed by atoms with Gasteiger partial charge in [-0.05, 0) is 45.4 Å². The summed E-state index contributed by atoms with van der Waals surface area (Å²) in [7, 11) is 0. The Morgan fingerprint density at radius 2 is 2.11 bits per heavy atom. The molecule has 0 aliphatic rings. The third-order valence-electron chi connectivity index (χ3n) is 2.12. The lowest BCUT2D eigenvalue weighted by molar-refractivity contribution is 0.0535. The van der Waals surface area contributed by atoms with Crippen molar-refractivity contribution in [3.05, 3.63) is 35.1 Å². The van der Waals surface area contributed by atoms with E-state index in [4.69, 9.17) is 4.74 Å². The van der Waals surface area contributed by atoms with E-state index in [2.05, 4.69) is 17.2 Å². The van der Waals surface area contributed by atoms with Crippen molar-refractivity contribution >= 4 is 6.09 Å². The fourth-order valence-electron chi connectivity index (χ4n) is 1.25. The highest BCUT2D eigenvalue weighted by atomic mass is 19.1. The molecule has 1 amide bonds. The van der Waals surface area contributed by atoms with E-state index in [0.29, 0.717) is 11.1 Å². The minimum atomic E-state index is -0.530. The Morgan fingerprint density at radius 1 is 1.42 bits per heavy atom.